The van der Waals surface area contributed by atoms with Gasteiger partial charge < -0.3 is 14.2 Å². The summed E-state index contributed by atoms with van der Waals surface area (Å²) in [6, 6.07) is 0. The highest BCUT2D eigenvalue weighted by Crippen LogP contribution is 2.14. The van der Waals surface area contributed by atoms with Crippen LogP contribution in [0.25, 0.3) is 0 Å². The topological polar surface area (TPSA) is 78.9 Å². The summed E-state index contributed by atoms with van der Waals surface area (Å²) in [5.41, 5.74) is 0. The first kappa shape index (κ1) is 66.6. The lowest BCUT2D eigenvalue weighted by Crippen LogP contribution is -2.30. The van der Waals surface area contributed by atoms with Gasteiger partial charge in [-0.25, -0.2) is 0 Å². The molecule has 6 heteroatoms. The van der Waals surface area contributed by atoms with Gasteiger partial charge in [0, 0.05) is 19.3 Å². The molecule has 0 spiro atoms. The first-order chi connectivity index (χ1) is 35.0. The zero-order valence-electron chi connectivity index (χ0n) is 45.7. The van der Waals surface area contributed by atoms with E-state index in [9.17, 15) is 14.4 Å². The van der Waals surface area contributed by atoms with E-state index in [1.54, 1.807) is 0 Å². The van der Waals surface area contributed by atoms with E-state index >= 15 is 0 Å². The largest absolute Gasteiger partial charge is 0.462 e. The first-order valence-electron chi connectivity index (χ1n) is 28.7. The highest BCUT2D eigenvalue weighted by atomic mass is 16.6. The van der Waals surface area contributed by atoms with Crippen molar-refractivity contribution in [3.63, 3.8) is 0 Å². The van der Waals surface area contributed by atoms with Gasteiger partial charge in [-0.2, -0.15) is 0 Å². The highest BCUT2D eigenvalue weighted by molar-refractivity contribution is 5.71. The molecule has 0 saturated carbocycles. The van der Waals surface area contributed by atoms with Gasteiger partial charge in [-0.1, -0.05) is 238 Å². The van der Waals surface area contributed by atoms with Gasteiger partial charge in [0.1, 0.15) is 13.2 Å². The minimum atomic E-state index is -0.822. The number of esters is 3. The summed E-state index contributed by atoms with van der Waals surface area (Å²) >= 11 is 0. The molecule has 0 aromatic carbocycles. The molecule has 0 aliphatic rings. The maximum atomic E-state index is 12.9. The first-order valence-corrected chi connectivity index (χ1v) is 28.7. The van der Waals surface area contributed by atoms with Gasteiger partial charge in [0.05, 0.1) is 0 Å². The van der Waals surface area contributed by atoms with Crippen LogP contribution in [0.15, 0.2) is 134 Å². The van der Waals surface area contributed by atoms with Crippen LogP contribution in [0.5, 0.6) is 0 Å². The minimum absolute atomic E-state index is 0.114. The molecule has 1 atom stereocenters. The van der Waals surface area contributed by atoms with Crippen molar-refractivity contribution in [1.29, 1.82) is 0 Å². The Labute approximate surface area is 436 Å². The average molecular weight is 982 g/mol. The van der Waals surface area contributed by atoms with Crippen molar-refractivity contribution >= 4 is 17.9 Å². The lowest BCUT2D eigenvalue weighted by atomic mass is 10.1. The standard InChI is InChI=1S/C65H104O6/c1-4-7-10-13-16-19-22-25-28-30-32-34-37-40-43-46-49-52-55-58-64(67)70-61-62(60-69-63(66)57-54-51-48-45-42-39-36-27-24-21-18-15-12-9-6-3)71-65(68)59-56-53-50-47-44-41-38-35-33-31-29-26-23-20-17-14-11-8-5-2/h7-8,10-11,16-21,24-29,32,34,40,43,49,52,62H,4-6,9,12-15,22-23,30-31,33,35-39,41-42,44-48,50-51,53-61H2,1-3H3/b10-7-,11-8-,19-16-,20-17-,21-18-,27-24-,28-25-,29-26-,34-32-,43-40-,52-49-. The van der Waals surface area contributed by atoms with Crippen molar-refractivity contribution in [3.05, 3.63) is 134 Å². The molecule has 400 valence electrons. The van der Waals surface area contributed by atoms with Crippen LogP contribution in [0.4, 0.5) is 0 Å². The van der Waals surface area contributed by atoms with E-state index in [1.807, 2.05) is 6.08 Å². The maximum Gasteiger partial charge on any atom is 0.306 e. The molecule has 0 N–H and O–H groups in total. The molecule has 0 radical (unpaired) electrons. The smallest absolute Gasteiger partial charge is 0.306 e. The summed E-state index contributed by atoms with van der Waals surface area (Å²) in [4.78, 5) is 38.2. The van der Waals surface area contributed by atoms with Crippen molar-refractivity contribution < 1.29 is 28.6 Å². The van der Waals surface area contributed by atoms with E-state index in [1.165, 1.54) is 77.0 Å². The second-order valence-electron chi connectivity index (χ2n) is 18.5. The molecule has 6 nitrogen and oxygen atoms in total. The predicted molar refractivity (Wildman–Crippen MR) is 306 cm³/mol. The van der Waals surface area contributed by atoms with Crippen LogP contribution in [0.1, 0.15) is 239 Å². The Morgan fingerprint density at radius 3 is 1.03 bits per heavy atom. The number of carbonyl (C=O) groups is 3. The molecular weight excluding hydrogens is 877 g/mol. The SMILES string of the molecule is CC/C=C\C/C=C\C/C=C\C/C=C\C/C=C\C/C=C\CCC(=O)OCC(COC(=O)CCCCCCCC/C=C\C=C/CCCCC)OC(=O)CCCCCCCCCCC/C=C\C/C=C\C/C=C\CC. The molecule has 0 aliphatic heterocycles. The summed E-state index contributed by atoms with van der Waals surface area (Å²) < 4.78 is 16.8. The molecule has 0 aliphatic carbocycles. The van der Waals surface area contributed by atoms with E-state index in [4.69, 9.17) is 14.2 Å². The Morgan fingerprint density at radius 2 is 0.620 bits per heavy atom. The maximum absolute atomic E-state index is 12.9. The predicted octanol–water partition coefficient (Wildman–Crippen LogP) is 19.4. The minimum Gasteiger partial charge on any atom is -0.462 e. The van der Waals surface area contributed by atoms with Gasteiger partial charge in [-0.05, 0) is 116 Å². The van der Waals surface area contributed by atoms with Crippen LogP contribution < -0.4 is 0 Å². The summed E-state index contributed by atoms with van der Waals surface area (Å²) in [5.74, 6) is -1.02. The second kappa shape index (κ2) is 58.1. The van der Waals surface area contributed by atoms with Gasteiger partial charge in [-0.15, -0.1) is 0 Å². The van der Waals surface area contributed by atoms with Crippen LogP contribution >= 0.6 is 0 Å². The fraction of sp³-hybridized carbons (Fsp3) is 0.615. The summed E-state index contributed by atoms with van der Waals surface area (Å²) in [7, 11) is 0. The van der Waals surface area contributed by atoms with Gasteiger partial charge >= 0.3 is 17.9 Å². The molecular formula is C65H104O6. The average Bonchev–Trinajstić information content (AvgIpc) is 3.37. The normalized spacial score (nSPS) is 13.1. The lowest BCUT2D eigenvalue weighted by Gasteiger charge is -2.18. The number of carbonyl (C=O) groups excluding carboxylic acids is 3. The second-order valence-corrected chi connectivity index (χ2v) is 18.5. The monoisotopic (exact) mass is 981 g/mol. The Morgan fingerprint density at radius 1 is 0.310 bits per heavy atom. The molecule has 0 fully saturated rings. The zero-order chi connectivity index (χ0) is 51.4. The third-order valence-electron chi connectivity index (χ3n) is 11.7. The van der Waals surface area contributed by atoms with Crippen LogP contribution in [-0.2, 0) is 28.6 Å². The number of hydrogen-bond acceptors (Lipinski definition) is 6. The fourth-order valence-corrected chi connectivity index (χ4v) is 7.41. The van der Waals surface area contributed by atoms with Gasteiger partial charge in [0.2, 0.25) is 0 Å². The van der Waals surface area contributed by atoms with Gasteiger partial charge in [-0.3, -0.25) is 14.4 Å². The molecule has 71 heavy (non-hydrogen) atoms. The third kappa shape index (κ3) is 56.3. The number of hydrogen-bond donors (Lipinski definition) is 0. The van der Waals surface area contributed by atoms with E-state index in [-0.39, 0.29) is 37.5 Å². The van der Waals surface area contributed by atoms with E-state index in [2.05, 4.69) is 148 Å². The zero-order valence-corrected chi connectivity index (χ0v) is 45.7. The van der Waals surface area contributed by atoms with Crippen molar-refractivity contribution in [2.75, 3.05) is 13.2 Å². The van der Waals surface area contributed by atoms with Crippen molar-refractivity contribution in [3.8, 4) is 0 Å². The summed E-state index contributed by atoms with van der Waals surface area (Å²) in [6.07, 6.45) is 81.6. The highest BCUT2D eigenvalue weighted by Gasteiger charge is 2.19. The third-order valence-corrected chi connectivity index (χ3v) is 11.7. The molecule has 0 saturated heterocycles. The Hall–Kier alpha value is -4.45. The van der Waals surface area contributed by atoms with Gasteiger partial charge in [0.25, 0.3) is 0 Å². The Bertz CT molecular complexity index is 1550. The van der Waals surface area contributed by atoms with Crippen molar-refractivity contribution in [1.82, 2.24) is 0 Å². The molecule has 0 rings (SSSR count). The number of unbranched alkanes of at least 4 members (excludes halogenated alkanes) is 18. The van der Waals surface area contributed by atoms with Crippen molar-refractivity contribution in [2.45, 2.75) is 245 Å². The van der Waals surface area contributed by atoms with Crippen molar-refractivity contribution in [2.24, 2.45) is 0 Å². The number of rotatable bonds is 50. The van der Waals surface area contributed by atoms with Crippen LogP contribution in [-0.4, -0.2) is 37.2 Å². The van der Waals surface area contributed by atoms with Crippen LogP contribution in [0.3, 0.4) is 0 Å². The number of allylic oxidation sites excluding steroid dienone is 22. The van der Waals surface area contributed by atoms with E-state index < -0.39 is 6.10 Å². The van der Waals surface area contributed by atoms with Crippen LogP contribution in [0.2, 0.25) is 0 Å². The summed E-state index contributed by atoms with van der Waals surface area (Å²) in [6.45, 7) is 6.30. The quantitative estimate of drug-likeness (QED) is 0.0199. The van der Waals surface area contributed by atoms with Gasteiger partial charge in [0.15, 0.2) is 6.10 Å². The fourth-order valence-electron chi connectivity index (χ4n) is 7.41. The molecule has 0 bridgehead atoms. The lowest BCUT2D eigenvalue weighted by molar-refractivity contribution is -0.166. The molecule has 1 unspecified atom stereocenters. The van der Waals surface area contributed by atoms with E-state index in [0.717, 1.165) is 116 Å². The molecule has 0 heterocycles. The molecule has 0 aromatic heterocycles. The summed E-state index contributed by atoms with van der Waals surface area (Å²) in [5, 5.41) is 0. The van der Waals surface area contributed by atoms with Crippen LogP contribution in [0, 0.1) is 0 Å². The van der Waals surface area contributed by atoms with E-state index in [0.29, 0.717) is 19.3 Å². The molecule has 0 amide bonds. The Kier molecular flexibility index (Phi) is 54.5. The molecule has 0 aromatic rings. The number of ether oxygens (including phenoxy) is 3. The Balaban J connectivity index is 4.54.